The van der Waals surface area contributed by atoms with Gasteiger partial charge in [-0.15, -0.1) is 0 Å². The molecule has 3 heterocycles. The highest BCUT2D eigenvalue weighted by Gasteiger charge is 2.24. The molecule has 1 aliphatic rings. The molecule has 2 aromatic carbocycles. The zero-order chi connectivity index (χ0) is 20.1. The Hall–Kier alpha value is -3.55. The van der Waals surface area contributed by atoms with E-state index in [0.717, 1.165) is 11.1 Å². The van der Waals surface area contributed by atoms with E-state index in [1.54, 1.807) is 24.0 Å². The van der Waals surface area contributed by atoms with Crippen LogP contribution in [0.25, 0.3) is 16.9 Å². The lowest BCUT2D eigenvalue weighted by molar-refractivity contribution is 0.616. The van der Waals surface area contributed by atoms with Crippen LogP contribution < -0.4 is 10.5 Å². The fourth-order valence-corrected chi connectivity index (χ4v) is 3.78. The van der Waals surface area contributed by atoms with Crippen molar-refractivity contribution in [3.05, 3.63) is 81.9 Å². The van der Waals surface area contributed by atoms with Gasteiger partial charge in [0.25, 0.3) is 5.56 Å². The van der Waals surface area contributed by atoms with Gasteiger partial charge >= 0.3 is 0 Å². The minimum atomic E-state index is -0.391. The Morgan fingerprint density at radius 3 is 2.55 bits per heavy atom. The fraction of sp³-hybridized carbons (Fsp3) is 0.190. The van der Waals surface area contributed by atoms with Crippen LogP contribution in [0.5, 0.6) is 0 Å². The van der Waals surface area contributed by atoms with Crippen LogP contribution in [-0.2, 0) is 20.0 Å². The molecule has 2 aromatic heterocycles. The van der Waals surface area contributed by atoms with E-state index in [1.807, 2.05) is 4.90 Å². The van der Waals surface area contributed by atoms with Gasteiger partial charge in [-0.2, -0.15) is 4.98 Å². The van der Waals surface area contributed by atoms with Crippen molar-refractivity contribution in [2.45, 2.75) is 13.0 Å². The third-order valence-electron chi connectivity index (χ3n) is 5.27. The SMILES string of the molecule is Cn1cnc2c(=O)n(-c3ccc(F)cc3)c(N3CCc4ccc(F)cc4C3)nc21. The normalized spacial score (nSPS) is 13.7. The maximum atomic E-state index is 13.8. The molecule has 1 aliphatic heterocycles. The molecule has 5 rings (SSSR count). The summed E-state index contributed by atoms with van der Waals surface area (Å²) < 4.78 is 30.3. The first-order valence-electron chi connectivity index (χ1n) is 9.23. The molecular formula is C21H17F2N5O. The van der Waals surface area contributed by atoms with E-state index < -0.39 is 5.82 Å². The average molecular weight is 393 g/mol. The molecule has 29 heavy (non-hydrogen) atoms. The molecule has 146 valence electrons. The lowest BCUT2D eigenvalue weighted by Gasteiger charge is -2.31. The number of fused-ring (bicyclic) bond motifs is 2. The average Bonchev–Trinajstić information content (AvgIpc) is 3.09. The molecule has 0 bridgehead atoms. The van der Waals surface area contributed by atoms with Crippen molar-refractivity contribution >= 4 is 17.1 Å². The highest BCUT2D eigenvalue weighted by molar-refractivity contribution is 5.72. The molecule has 0 fully saturated rings. The zero-order valence-electron chi connectivity index (χ0n) is 15.6. The van der Waals surface area contributed by atoms with Gasteiger partial charge in [0.15, 0.2) is 11.2 Å². The summed E-state index contributed by atoms with van der Waals surface area (Å²) in [4.78, 5) is 24.1. The number of halogens is 2. The second-order valence-corrected chi connectivity index (χ2v) is 7.14. The van der Waals surface area contributed by atoms with Crippen LogP contribution in [0.3, 0.4) is 0 Å². The van der Waals surface area contributed by atoms with Crippen molar-refractivity contribution in [2.24, 2.45) is 7.05 Å². The van der Waals surface area contributed by atoms with Crippen LogP contribution in [0, 0.1) is 11.6 Å². The molecule has 0 radical (unpaired) electrons. The minimum Gasteiger partial charge on any atom is -0.337 e. The molecule has 0 saturated heterocycles. The van der Waals surface area contributed by atoms with Gasteiger partial charge < -0.3 is 9.47 Å². The monoisotopic (exact) mass is 393 g/mol. The van der Waals surface area contributed by atoms with E-state index in [2.05, 4.69) is 4.98 Å². The minimum absolute atomic E-state index is 0.240. The van der Waals surface area contributed by atoms with Crippen LogP contribution in [0.2, 0.25) is 0 Å². The molecular weight excluding hydrogens is 376 g/mol. The smallest absolute Gasteiger partial charge is 0.287 e. The van der Waals surface area contributed by atoms with Gasteiger partial charge in [-0.1, -0.05) is 6.07 Å². The Balaban J connectivity index is 1.72. The number of benzene rings is 2. The topological polar surface area (TPSA) is 56.0 Å². The Kier molecular flexibility index (Phi) is 3.94. The van der Waals surface area contributed by atoms with E-state index >= 15 is 0 Å². The number of aromatic nitrogens is 4. The quantitative estimate of drug-likeness (QED) is 0.526. The Bertz CT molecular complexity index is 1290. The fourth-order valence-electron chi connectivity index (χ4n) is 3.78. The van der Waals surface area contributed by atoms with Gasteiger partial charge in [0.05, 0.1) is 12.0 Å². The highest BCUT2D eigenvalue weighted by Crippen LogP contribution is 2.26. The summed E-state index contributed by atoms with van der Waals surface area (Å²) >= 11 is 0. The number of rotatable bonds is 2. The highest BCUT2D eigenvalue weighted by atomic mass is 19.1. The molecule has 6 nitrogen and oxygen atoms in total. The summed E-state index contributed by atoms with van der Waals surface area (Å²) in [5.74, 6) is -0.262. The predicted molar refractivity (Wildman–Crippen MR) is 105 cm³/mol. The summed E-state index contributed by atoms with van der Waals surface area (Å²) in [6, 6.07) is 10.5. The van der Waals surface area contributed by atoms with E-state index in [1.165, 1.54) is 41.0 Å². The molecule has 0 unspecified atom stereocenters. The Morgan fingerprint density at radius 1 is 1.00 bits per heavy atom. The van der Waals surface area contributed by atoms with Crippen molar-refractivity contribution in [2.75, 3.05) is 11.4 Å². The summed E-state index contributed by atoms with van der Waals surface area (Å²) in [5.41, 5.74) is 2.82. The largest absolute Gasteiger partial charge is 0.337 e. The summed E-state index contributed by atoms with van der Waals surface area (Å²) in [5, 5.41) is 0. The summed E-state index contributed by atoms with van der Waals surface area (Å²) in [6.07, 6.45) is 2.25. The van der Waals surface area contributed by atoms with E-state index in [0.29, 0.717) is 36.8 Å². The number of hydrogen-bond donors (Lipinski definition) is 0. The van der Waals surface area contributed by atoms with Crippen molar-refractivity contribution in [1.29, 1.82) is 0 Å². The third-order valence-corrected chi connectivity index (χ3v) is 5.27. The second-order valence-electron chi connectivity index (χ2n) is 7.14. The number of nitrogens with zero attached hydrogens (tertiary/aromatic N) is 5. The maximum Gasteiger partial charge on any atom is 0.287 e. The van der Waals surface area contributed by atoms with Crippen LogP contribution in [-0.4, -0.2) is 25.6 Å². The van der Waals surface area contributed by atoms with Crippen LogP contribution in [0.1, 0.15) is 11.1 Å². The van der Waals surface area contributed by atoms with Crippen LogP contribution >= 0.6 is 0 Å². The Labute approximate surface area is 164 Å². The van der Waals surface area contributed by atoms with Crippen molar-refractivity contribution < 1.29 is 8.78 Å². The van der Waals surface area contributed by atoms with E-state index in [4.69, 9.17) is 4.98 Å². The lowest BCUT2D eigenvalue weighted by Crippen LogP contribution is -2.36. The molecule has 0 aliphatic carbocycles. The molecule has 0 atom stereocenters. The van der Waals surface area contributed by atoms with Crippen molar-refractivity contribution in [1.82, 2.24) is 19.1 Å². The van der Waals surface area contributed by atoms with Crippen molar-refractivity contribution in [3.8, 4) is 5.69 Å². The summed E-state index contributed by atoms with van der Waals surface area (Å²) in [7, 11) is 1.77. The lowest BCUT2D eigenvalue weighted by atomic mass is 10.00. The van der Waals surface area contributed by atoms with Gasteiger partial charge in [-0.3, -0.25) is 4.79 Å². The summed E-state index contributed by atoms with van der Waals surface area (Å²) in [6.45, 7) is 1.04. The maximum absolute atomic E-state index is 13.8. The second kappa shape index (κ2) is 6.51. The van der Waals surface area contributed by atoms with E-state index in [-0.39, 0.29) is 16.9 Å². The zero-order valence-corrected chi connectivity index (χ0v) is 15.6. The first-order chi connectivity index (χ1) is 14.0. The standard InChI is InChI=1S/C21H17F2N5O/c1-26-12-24-18-19(26)25-21(28(20(18)29)17-6-4-15(22)5-7-17)27-9-8-13-2-3-16(23)10-14(13)11-27/h2-7,10,12H,8-9,11H2,1H3. The Morgan fingerprint density at radius 2 is 1.76 bits per heavy atom. The molecule has 0 amide bonds. The molecule has 0 saturated carbocycles. The predicted octanol–water partition coefficient (Wildman–Crippen LogP) is 2.96. The number of anilines is 1. The number of hydrogen-bond acceptors (Lipinski definition) is 4. The van der Waals surface area contributed by atoms with Gasteiger partial charge in [-0.05, 0) is 53.9 Å². The molecule has 0 spiro atoms. The first kappa shape index (κ1) is 17.5. The van der Waals surface area contributed by atoms with Crippen molar-refractivity contribution in [3.63, 3.8) is 0 Å². The van der Waals surface area contributed by atoms with Crippen LogP contribution in [0.4, 0.5) is 14.7 Å². The molecule has 8 heteroatoms. The van der Waals surface area contributed by atoms with Gasteiger partial charge in [0.1, 0.15) is 11.6 Å². The van der Waals surface area contributed by atoms with Gasteiger partial charge in [0, 0.05) is 20.1 Å². The van der Waals surface area contributed by atoms with Gasteiger partial charge in [-0.25, -0.2) is 18.3 Å². The third kappa shape index (κ3) is 2.88. The first-order valence-corrected chi connectivity index (χ1v) is 9.23. The number of aryl methyl sites for hydroxylation is 1. The number of imidazole rings is 1. The van der Waals surface area contributed by atoms with E-state index in [9.17, 15) is 13.6 Å². The van der Waals surface area contributed by atoms with Crippen LogP contribution in [0.15, 0.2) is 53.6 Å². The van der Waals surface area contributed by atoms with Gasteiger partial charge in [0.2, 0.25) is 5.95 Å². The molecule has 0 N–H and O–H groups in total. The molecule has 4 aromatic rings.